The molecular formula is C18H19IN2O4. The van der Waals surface area contributed by atoms with Gasteiger partial charge in [0, 0.05) is 28.1 Å². The van der Waals surface area contributed by atoms with Gasteiger partial charge in [-0.2, -0.15) is 0 Å². The lowest BCUT2D eigenvalue weighted by Crippen LogP contribution is -2.11. The van der Waals surface area contributed by atoms with Gasteiger partial charge in [0.15, 0.2) is 0 Å². The Morgan fingerprint density at radius 3 is 2.12 bits per heavy atom. The van der Waals surface area contributed by atoms with Crippen LogP contribution in [0.1, 0.15) is 11.1 Å². The maximum absolute atomic E-state index is 9.10. The number of halogens is 1. The quantitative estimate of drug-likeness (QED) is 0.546. The first-order valence-corrected chi connectivity index (χ1v) is 8.36. The van der Waals surface area contributed by atoms with Crippen molar-refractivity contribution in [3.8, 4) is 0 Å². The van der Waals surface area contributed by atoms with Crippen LogP contribution in [0.3, 0.4) is 0 Å². The summed E-state index contributed by atoms with van der Waals surface area (Å²) < 4.78 is 1.25. The van der Waals surface area contributed by atoms with Crippen molar-refractivity contribution in [3.63, 3.8) is 0 Å². The highest BCUT2D eigenvalue weighted by Crippen LogP contribution is 2.23. The molecule has 7 heteroatoms. The van der Waals surface area contributed by atoms with Crippen LogP contribution in [0, 0.1) is 3.57 Å². The molecule has 2 N–H and O–H groups in total. The highest BCUT2D eigenvalue weighted by atomic mass is 127. The Hall–Kier alpha value is -2.26. The van der Waals surface area contributed by atoms with E-state index >= 15 is 0 Å². The summed E-state index contributed by atoms with van der Waals surface area (Å²) in [7, 11) is 4.15. The van der Waals surface area contributed by atoms with Crippen LogP contribution >= 0.6 is 22.6 Å². The third-order valence-electron chi connectivity index (χ3n) is 2.97. The van der Waals surface area contributed by atoms with Gasteiger partial charge in [-0.05, 0) is 66.0 Å². The third-order valence-corrected chi connectivity index (χ3v) is 3.69. The maximum Gasteiger partial charge on any atom is 0.414 e. The van der Waals surface area contributed by atoms with Gasteiger partial charge < -0.3 is 15.1 Å². The molecule has 0 bridgehead atoms. The number of carbonyl (C=O) groups is 2. The van der Waals surface area contributed by atoms with Gasteiger partial charge in [-0.25, -0.2) is 9.59 Å². The summed E-state index contributed by atoms with van der Waals surface area (Å²) in [6.45, 7) is 0.913. The second-order valence-corrected chi connectivity index (χ2v) is 6.48. The lowest BCUT2D eigenvalue weighted by molar-refractivity contribution is -0.159. The van der Waals surface area contributed by atoms with Gasteiger partial charge >= 0.3 is 11.9 Å². The van der Waals surface area contributed by atoms with Crippen molar-refractivity contribution in [2.45, 2.75) is 0 Å². The number of pyridine rings is 1. The Morgan fingerprint density at radius 2 is 1.68 bits per heavy atom. The highest BCUT2D eigenvalue weighted by Gasteiger charge is 2.05. The molecule has 0 aliphatic heterocycles. The number of hydrogen-bond acceptors (Lipinski definition) is 4. The van der Waals surface area contributed by atoms with Gasteiger partial charge in [0.1, 0.15) is 0 Å². The lowest BCUT2D eigenvalue weighted by Gasteiger charge is -2.11. The predicted molar refractivity (Wildman–Crippen MR) is 104 cm³/mol. The smallest absolute Gasteiger partial charge is 0.414 e. The zero-order valence-corrected chi connectivity index (χ0v) is 16.0. The van der Waals surface area contributed by atoms with Gasteiger partial charge in [-0.1, -0.05) is 24.3 Å². The van der Waals surface area contributed by atoms with E-state index in [4.69, 9.17) is 19.8 Å². The SMILES string of the molecule is CN(C)C/C=C(/c1ccc(I)cc1)c1cccnc1.O=C(O)C(=O)O. The summed E-state index contributed by atoms with van der Waals surface area (Å²) in [4.78, 5) is 24.6. The van der Waals surface area contributed by atoms with Gasteiger partial charge in [-0.3, -0.25) is 4.98 Å². The third kappa shape index (κ3) is 7.90. The van der Waals surface area contributed by atoms with E-state index in [0.29, 0.717) is 0 Å². The summed E-state index contributed by atoms with van der Waals surface area (Å²) in [5, 5.41) is 14.8. The monoisotopic (exact) mass is 454 g/mol. The Balaban J connectivity index is 0.000000450. The van der Waals surface area contributed by atoms with E-state index in [9.17, 15) is 0 Å². The summed E-state index contributed by atoms with van der Waals surface area (Å²) in [5.41, 5.74) is 3.62. The number of likely N-dealkylation sites (N-methyl/N-ethyl adjacent to an activating group) is 1. The van der Waals surface area contributed by atoms with Crippen molar-refractivity contribution in [2.24, 2.45) is 0 Å². The standard InChI is InChI=1S/C16H17IN2.C2H2O4/c1-19(2)11-9-16(14-4-3-10-18-12-14)13-5-7-15(17)8-6-13;3-1(4)2(5)6/h3-10,12H,11H2,1-2H3;(H,3,4)(H,5,6)/b16-9-;. The molecule has 1 heterocycles. The maximum atomic E-state index is 9.10. The number of carboxylic acid groups (broad SMARTS) is 2. The molecule has 0 spiro atoms. The van der Waals surface area contributed by atoms with E-state index in [0.717, 1.165) is 12.1 Å². The Labute approximate surface area is 160 Å². The molecule has 6 nitrogen and oxygen atoms in total. The minimum absolute atomic E-state index is 0.913. The summed E-state index contributed by atoms with van der Waals surface area (Å²) >= 11 is 2.33. The topological polar surface area (TPSA) is 90.7 Å². The molecule has 2 aromatic rings. The molecule has 0 atom stereocenters. The molecule has 1 aromatic carbocycles. The fraction of sp³-hybridized carbons (Fsp3) is 0.167. The largest absolute Gasteiger partial charge is 0.473 e. The van der Waals surface area contributed by atoms with Crippen molar-refractivity contribution >= 4 is 40.1 Å². The van der Waals surface area contributed by atoms with E-state index in [2.05, 4.69) is 83.0 Å². The second kappa shape index (κ2) is 10.6. The van der Waals surface area contributed by atoms with Crippen LogP contribution in [0.25, 0.3) is 5.57 Å². The zero-order valence-electron chi connectivity index (χ0n) is 13.9. The number of nitrogens with zero attached hydrogens (tertiary/aromatic N) is 2. The number of benzene rings is 1. The van der Waals surface area contributed by atoms with Crippen LogP contribution in [-0.2, 0) is 9.59 Å². The normalized spacial score (nSPS) is 10.8. The number of aromatic nitrogens is 1. The van der Waals surface area contributed by atoms with Gasteiger partial charge in [-0.15, -0.1) is 0 Å². The van der Waals surface area contributed by atoms with Crippen molar-refractivity contribution < 1.29 is 19.8 Å². The first-order chi connectivity index (χ1) is 11.8. The first kappa shape index (κ1) is 20.8. The van der Waals surface area contributed by atoms with Crippen molar-refractivity contribution in [1.29, 1.82) is 0 Å². The van der Waals surface area contributed by atoms with Crippen LogP contribution in [-0.4, -0.2) is 52.7 Å². The van der Waals surface area contributed by atoms with Crippen LogP contribution in [0.4, 0.5) is 0 Å². The van der Waals surface area contributed by atoms with Gasteiger partial charge in [0.25, 0.3) is 0 Å². The van der Waals surface area contributed by atoms with Gasteiger partial charge in [0.2, 0.25) is 0 Å². The molecule has 0 radical (unpaired) electrons. The molecule has 0 amide bonds. The van der Waals surface area contributed by atoms with E-state index < -0.39 is 11.9 Å². The van der Waals surface area contributed by atoms with Crippen LogP contribution in [0.5, 0.6) is 0 Å². The summed E-state index contributed by atoms with van der Waals surface area (Å²) in [5.74, 6) is -3.65. The lowest BCUT2D eigenvalue weighted by atomic mass is 9.99. The minimum atomic E-state index is -1.82. The van der Waals surface area contributed by atoms with E-state index in [1.807, 2.05) is 12.3 Å². The molecule has 0 saturated heterocycles. The predicted octanol–water partition coefficient (Wildman–Crippen LogP) is 2.84. The second-order valence-electron chi connectivity index (χ2n) is 5.24. The van der Waals surface area contributed by atoms with Crippen molar-refractivity contribution in [1.82, 2.24) is 9.88 Å². The first-order valence-electron chi connectivity index (χ1n) is 7.28. The molecule has 0 unspecified atom stereocenters. The number of carboxylic acids is 2. The Kier molecular flexibility index (Phi) is 8.79. The molecule has 0 aliphatic carbocycles. The van der Waals surface area contributed by atoms with E-state index in [1.165, 1.54) is 14.7 Å². The van der Waals surface area contributed by atoms with Crippen molar-refractivity contribution in [3.05, 3.63) is 69.6 Å². The number of aliphatic carboxylic acids is 2. The van der Waals surface area contributed by atoms with E-state index in [-0.39, 0.29) is 0 Å². The average Bonchev–Trinajstić information content (AvgIpc) is 2.58. The van der Waals surface area contributed by atoms with Crippen LogP contribution < -0.4 is 0 Å². The Bertz CT molecular complexity index is 717. The summed E-state index contributed by atoms with van der Waals surface area (Å²) in [6, 6.07) is 12.7. The summed E-state index contributed by atoms with van der Waals surface area (Å²) in [6.07, 6.45) is 5.97. The number of hydrogen-bond donors (Lipinski definition) is 2. The van der Waals surface area contributed by atoms with Crippen LogP contribution in [0.2, 0.25) is 0 Å². The molecule has 0 fully saturated rings. The number of rotatable bonds is 4. The zero-order chi connectivity index (χ0) is 18.8. The molecule has 0 saturated carbocycles. The van der Waals surface area contributed by atoms with Crippen molar-refractivity contribution in [2.75, 3.05) is 20.6 Å². The molecule has 2 rings (SSSR count). The minimum Gasteiger partial charge on any atom is -0.473 e. The average molecular weight is 454 g/mol. The Morgan fingerprint density at radius 1 is 1.08 bits per heavy atom. The fourth-order valence-corrected chi connectivity index (χ4v) is 2.19. The fourth-order valence-electron chi connectivity index (χ4n) is 1.83. The molecule has 25 heavy (non-hydrogen) atoms. The molecule has 132 valence electrons. The van der Waals surface area contributed by atoms with Crippen LogP contribution in [0.15, 0.2) is 54.9 Å². The van der Waals surface area contributed by atoms with Gasteiger partial charge in [0.05, 0.1) is 0 Å². The molecule has 1 aromatic heterocycles. The van der Waals surface area contributed by atoms with E-state index in [1.54, 1.807) is 6.20 Å². The molecule has 0 aliphatic rings. The molecular weight excluding hydrogens is 435 g/mol. The highest BCUT2D eigenvalue weighted by molar-refractivity contribution is 14.1.